The summed E-state index contributed by atoms with van der Waals surface area (Å²) in [5, 5.41) is 9.03. The first kappa shape index (κ1) is 18.6. The minimum Gasteiger partial charge on any atom is -0.352 e. The third-order valence-electron chi connectivity index (χ3n) is 3.56. The third-order valence-corrected chi connectivity index (χ3v) is 3.56. The molecule has 0 aliphatic rings. The fourth-order valence-electron chi connectivity index (χ4n) is 2.32. The molecular weight excluding hydrogens is 312 g/mol. The van der Waals surface area contributed by atoms with Crippen LogP contribution in [0.3, 0.4) is 0 Å². The lowest BCUT2D eigenvalue weighted by molar-refractivity contribution is 0.873. The van der Waals surface area contributed by atoms with E-state index < -0.39 is 0 Å². The predicted molar refractivity (Wildman–Crippen MR) is 105 cm³/mol. The number of aromatic nitrogens is 3. The Morgan fingerprint density at radius 1 is 1.32 bits per heavy atom. The Labute approximate surface area is 149 Å². The topological polar surface area (TPSA) is 66.3 Å². The number of hydrogen-bond acceptors (Lipinski definition) is 6. The fourth-order valence-corrected chi connectivity index (χ4v) is 2.32. The molecule has 0 atom stereocenters. The summed E-state index contributed by atoms with van der Waals surface area (Å²) in [7, 11) is 0. The molecule has 0 aliphatic carbocycles. The highest BCUT2D eigenvalue weighted by molar-refractivity contribution is 5.67. The van der Waals surface area contributed by atoms with Crippen LogP contribution < -0.4 is 10.3 Å². The van der Waals surface area contributed by atoms with E-state index in [0.717, 1.165) is 35.4 Å². The van der Waals surface area contributed by atoms with Crippen LogP contribution in [0.25, 0.3) is 5.57 Å². The van der Waals surface area contributed by atoms with E-state index in [-0.39, 0.29) is 0 Å². The maximum absolute atomic E-state index is 4.38. The average molecular weight is 338 g/mol. The van der Waals surface area contributed by atoms with Crippen molar-refractivity contribution in [3.8, 4) is 0 Å². The molecule has 2 aromatic rings. The quantitative estimate of drug-likeness (QED) is 0.579. The van der Waals surface area contributed by atoms with Crippen LogP contribution in [0.1, 0.15) is 45.4 Å². The van der Waals surface area contributed by atoms with Gasteiger partial charge in [-0.25, -0.2) is 15.0 Å². The number of nitrogens with one attached hydrogen (secondary N) is 1. The maximum Gasteiger partial charge on any atom is 0.222 e. The SMILES string of the molecule is C=NN(/C=C(\C)c1cnc(NC(C)C)nc1)c1ccnc(CCC)c1. The highest BCUT2D eigenvalue weighted by Gasteiger charge is 2.06. The zero-order valence-electron chi connectivity index (χ0n) is 15.4. The summed E-state index contributed by atoms with van der Waals surface area (Å²) in [6.07, 6.45) is 9.34. The lowest BCUT2D eigenvalue weighted by atomic mass is 10.2. The molecule has 0 saturated carbocycles. The second kappa shape index (κ2) is 8.92. The standard InChI is InChI=1S/C19H26N6/c1-6-7-17-10-18(8-9-21-17)25(20-5)13-15(4)16-11-22-19(23-12-16)24-14(2)3/h8-14H,5-7H2,1-4H3,(H,22,23,24)/b15-13+. The Morgan fingerprint density at radius 3 is 2.64 bits per heavy atom. The van der Waals surface area contributed by atoms with E-state index in [0.29, 0.717) is 12.0 Å². The van der Waals surface area contributed by atoms with Gasteiger partial charge in [0.05, 0.1) is 5.69 Å². The van der Waals surface area contributed by atoms with E-state index in [1.54, 1.807) is 23.6 Å². The minimum absolute atomic E-state index is 0.298. The summed E-state index contributed by atoms with van der Waals surface area (Å²) in [5.41, 5.74) is 3.92. The Bertz CT molecular complexity index is 721. The van der Waals surface area contributed by atoms with Crippen molar-refractivity contribution in [1.82, 2.24) is 15.0 Å². The lowest BCUT2D eigenvalue weighted by Gasteiger charge is -2.16. The molecule has 6 nitrogen and oxygen atoms in total. The third kappa shape index (κ3) is 5.38. The van der Waals surface area contributed by atoms with E-state index in [4.69, 9.17) is 0 Å². The number of pyridine rings is 1. The van der Waals surface area contributed by atoms with Gasteiger partial charge in [-0.2, -0.15) is 5.10 Å². The highest BCUT2D eigenvalue weighted by atomic mass is 15.4. The van der Waals surface area contributed by atoms with E-state index in [2.05, 4.69) is 52.9 Å². The molecular formula is C19H26N6. The number of hydrazone groups is 1. The minimum atomic E-state index is 0.298. The predicted octanol–water partition coefficient (Wildman–Crippen LogP) is 4.13. The molecule has 0 aliphatic heterocycles. The number of allylic oxidation sites excluding steroid dienone is 1. The van der Waals surface area contributed by atoms with Crippen molar-refractivity contribution in [1.29, 1.82) is 0 Å². The van der Waals surface area contributed by atoms with Crippen LogP contribution in [0.4, 0.5) is 11.6 Å². The first-order valence-electron chi connectivity index (χ1n) is 8.51. The summed E-state index contributed by atoms with van der Waals surface area (Å²) < 4.78 is 0. The number of rotatable bonds is 8. The molecule has 2 rings (SSSR count). The highest BCUT2D eigenvalue weighted by Crippen LogP contribution is 2.20. The zero-order chi connectivity index (χ0) is 18.2. The molecule has 2 heterocycles. The van der Waals surface area contributed by atoms with Crippen LogP contribution in [0, 0.1) is 0 Å². The normalized spacial score (nSPS) is 11.5. The number of hydrogen-bond donors (Lipinski definition) is 1. The molecule has 0 saturated heterocycles. The van der Waals surface area contributed by atoms with Crippen molar-refractivity contribution in [2.75, 3.05) is 10.3 Å². The van der Waals surface area contributed by atoms with Gasteiger partial charge >= 0.3 is 0 Å². The van der Waals surface area contributed by atoms with Crippen LogP contribution in [0.5, 0.6) is 0 Å². The number of aryl methyl sites for hydroxylation is 1. The van der Waals surface area contributed by atoms with Gasteiger partial charge in [-0.15, -0.1) is 0 Å². The van der Waals surface area contributed by atoms with Gasteiger partial charge in [0.25, 0.3) is 0 Å². The van der Waals surface area contributed by atoms with E-state index in [1.807, 2.05) is 25.3 Å². The summed E-state index contributed by atoms with van der Waals surface area (Å²) in [6, 6.07) is 4.25. The van der Waals surface area contributed by atoms with Crippen molar-refractivity contribution >= 4 is 23.9 Å². The molecule has 132 valence electrons. The van der Waals surface area contributed by atoms with Gasteiger partial charge in [0.2, 0.25) is 5.95 Å². The van der Waals surface area contributed by atoms with Crippen molar-refractivity contribution in [2.24, 2.45) is 5.10 Å². The van der Waals surface area contributed by atoms with Crippen molar-refractivity contribution in [3.05, 3.63) is 48.2 Å². The summed E-state index contributed by atoms with van der Waals surface area (Å²) >= 11 is 0. The molecule has 0 fully saturated rings. The van der Waals surface area contributed by atoms with E-state index in [9.17, 15) is 0 Å². The summed E-state index contributed by atoms with van der Waals surface area (Å²) in [4.78, 5) is 13.1. The van der Waals surface area contributed by atoms with Crippen LogP contribution in [0.2, 0.25) is 0 Å². The number of anilines is 2. The van der Waals surface area contributed by atoms with Gasteiger partial charge < -0.3 is 5.32 Å². The van der Waals surface area contributed by atoms with Crippen LogP contribution in [0.15, 0.2) is 42.0 Å². The van der Waals surface area contributed by atoms with Crippen LogP contribution >= 0.6 is 0 Å². The largest absolute Gasteiger partial charge is 0.352 e. The van der Waals surface area contributed by atoms with Gasteiger partial charge in [0.1, 0.15) is 0 Å². The molecule has 0 unspecified atom stereocenters. The molecule has 0 spiro atoms. The fraction of sp³-hybridized carbons (Fsp3) is 0.368. The van der Waals surface area contributed by atoms with Gasteiger partial charge in [-0.05, 0) is 44.9 Å². The smallest absolute Gasteiger partial charge is 0.222 e. The second-order valence-corrected chi connectivity index (χ2v) is 6.15. The van der Waals surface area contributed by atoms with Crippen molar-refractivity contribution < 1.29 is 0 Å². The average Bonchev–Trinajstić information content (AvgIpc) is 2.60. The summed E-state index contributed by atoms with van der Waals surface area (Å²) in [6.45, 7) is 11.9. The molecule has 0 radical (unpaired) electrons. The number of nitrogens with zero attached hydrogens (tertiary/aromatic N) is 5. The van der Waals surface area contributed by atoms with Gasteiger partial charge in [-0.1, -0.05) is 13.3 Å². The Balaban J connectivity index is 2.20. The Kier molecular flexibility index (Phi) is 6.62. The van der Waals surface area contributed by atoms with Crippen LogP contribution in [-0.2, 0) is 6.42 Å². The maximum atomic E-state index is 4.38. The lowest BCUT2D eigenvalue weighted by Crippen LogP contribution is -2.12. The summed E-state index contributed by atoms with van der Waals surface area (Å²) in [5.74, 6) is 0.628. The first-order chi connectivity index (χ1) is 12.0. The van der Waals surface area contributed by atoms with Crippen molar-refractivity contribution in [3.63, 3.8) is 0 Å². The molecule has 0 bridgehead atoms. The first-order valence-corrected chi connectivity index (χ1v) is 8.51. The zero-order valence-corrected chi connectivity index (χ0v) is 15.4. The molecule has 2 aromatic heterocycles. The van der Waals surface area contributed by atoms with E-state index in [1.165, 1.54) is 0 Å². The Hall–Kier alpha value is -2.76. The molecule has 1 N–H and O–H groups in total. The molecule has 0 aromatic carbocycles. The van der Waals surface area contributed by atoms with Crippen molar-refractivity contribution in [2.45, 2.75) is 46.6 Å². The second-order valence-electron chi connectivity index (χ2n) is 6.15. The monoisotopic (exact) mass is 338 g/mol. The van der Waals surface area contributed by atoms with E-state index >= 15 is 0 Å². The van der Waals surface area contributed by atoms with Crippen LogP contribution in [-0.4, -0.2) is 27.7 Å². The Morgan fingerprint density at radius 2 is 2.04 bits per heavy atom. The van der Waals surface area contributed by atoms with Gasteiger partial charge in [-0.3, -0.25) is 4.98 Å². The van der Waals surface area contributed by atoms with Gasteiger partial charge in [0.15, 0.2) is 0 Å². The molecule has 0 amide bonds. The van der Waals surface area contributed by atoms with Gasteiger partial charge in [0, 0.05) is 48.8 Å². The molecule has 6 heteroatoms. The molecule has 25 heavy (non-hydrogen) atoms.